The Morgan fingerprint density at radius 3 is 2.48 bits per heavy atom. The molecule has 0 N–H and O–H groups in total. The summed E-state index contributed by atoms with van der Waals surface area (Å²) in [5.41, 5.74) is -0.274. The maximum atomic E-state index is 11.2. The predicted octanol–water partition coefficient (Wildman–Crippen LogP) is 3.21. The zero-order valence-corrected chi connectivity index (χ0v) is 14.3. The summed E-state index contributed by atoms with van der Waals surface area (Å²) in [4.78, 5) is 23.1. The molecule has 1 aliphatic heterocycles. The lowest BCUT2D eigenvalue weighted by molar-refractivity contribution is -0.160. The average Bonchev–Trinajstić information content (AvgIpc) is 2.49. The van der Waals surface area contributed by atoms with Gasteiger partial charge in [0.2, 0.25) is 0 Å². The third-order valence-corrected chi connectivity index (χ3v) is 4.25. The molecule has 5 nitrogen and oxygen atoms in total. The van der Waals surface area contributed by atoms with Crippen LogP contribution in [0.5, 0.6) is 0 Å². The highest BCUT2D eigenvalue weighted by Gasteiger charge is 2.31. The van der Waals surface area contributed by atoms with Gasteiger partial charge in [0.15, 0.2) is 0 Å². The first-order valence-electron chi connectivity index (χ1n) is 7.00. The largest absolute Gasteiger partial charge is 0.463 e. The van der Waals surface area contributed by atoms with Crippen molar-refractivity contribution in [1.82, 2.24) is 0 Å². The predicted molar refractivity (Wildman–Crippen MR) is 87.3 cm³/mol. The van der Waals surface area contributed by atoms with E-state index in [0.29, 0.717) is 5.02 Å². The van der Waals surface area contributed by atoms with E-state index in [0.717, 1.165) is 4.90 Å². The Morgan fingerprint density at radius 2 is 1.87 bits per heavy atom. The fraction of sp³-hybridized carbons (Fsp3) is 0.375. The zero-order chi connectivity index (χ0) is 16.8. The quantitative estimate of drug-likeness (QED) is 0.596. The van der Waals surface area contributed by atoms with E-state index < -0.39 is 24.1 Å². The van der Waals surface area contributed by atoms with E-state index in [1.165, 1.54) is 25.6 Å². The molecule has 0 radical (unpaired) electrons. The average molecular weight is 357 g/mol. The summed E-state index contributed by atoms with van der Waals surface area (Å²) in [5, 5.41) is 0.664. The van der Waals surface area contributed by atoms with Gasteiger partial charge in [0, 0.05) is 23.8 Å². The van der Waals surface area contributed by atoms with Gasteiger partial charge in [-0.3, -0.25) is 9.59 Å². The van der Waals surface area contributed by atoms with E-state index >= 15 is 0 Å². The summed E-state index contributed by atoms with van der Waals surface area (Å²) >= 11 is 7.35. The number of hydrogen-bond donors (Lipinski definition) is 0. The van der Waals surface area contributed by atoms with Crippen molar-refractivity contribution in [2.75, 3.05) is 6.61 Å². The minimum Gasteiger partial charge on any atom is -0.463 e. The van der Waals surface area contributed by atoms with Crippen molar-refractivity contribution in [3.63, 3.8) is 0 Å². The first-order chi connectivity index (χ1) is 10.9. The standard InChI is InChI=1S/C16H17ClO5S/c1-10(18)20-9-15-14(21-11(2)19)7-8-16(22-15)23-13-5-3-12(17)4-6-13/h3-8,14-16H,9H2,1-2H3/t14-,15+,16?/m0/s1. The van der Waals surface area contributed by atoms with Gasteiger partial charge in [-0.25, -0.2) is 0 Å². The van der Waals surface area contributed by atoms with Crippen LogP contribution < -0.4 is 0 Å². The number of esters is 2. The highest BCUT2D eigenvalue weighted by molar-refractivity contribution is 8.00. The van der Waals surface area contributed by atoms with Crippen LogP contribution in [-0.4, -0.2) is 36.2 Å². The molecule has 0 amide bonds. The topological polar surface area (TPSA) is 61.8 Å². The molecule has 0 aliphatic carbocycles. The van der Waals surface area contributed by atoms with E-state index in [2.05, 4.69) is 0 Å². The van der Waals surface area contributed by atoms with E-state index in [4.69, 9.17) is 25.8 Å². The van der Waals surface area contributed by atoms with Crippen LogP contribution in [0.4, 0.5) is 0 Å². The number of rotatable bonds is 5. The van der Waals surface area contributed by atoms with Gasteiger partial charge in [-0.15, -0.1) is 0 Å². The lowest BCUT2D eigenvalue weighted by atomic mass is 10.1. The Labute approximate surface area is 143 Å². The lowest BCUT2D eigenvalue weighted by Crippen LogP contribution is -2.40. The molecule has 1 aliphatic rings. The van der Waals surface area contributed by atoms with Crippen LogP contribution in [0.25, 0.3) is 0 Å². The summed E-state index contributed by atoms with van der Waals surface area (Å²) in [6, 6.07) is 7.38. The van der Waals surface area contributed by atoms with Gasteiger partial charge >= 0.3 is 11.9 Å². The Kier molecular flexibility index (Phi) is 6.50. The smallest absolute Gasteiger partial charge is 0.303 e. The summed E-state index contributed by atoms with van der Waals surface area (Å²) in [5.74, 6) is -0.827. The SMILES string of the molecule is CC(=O)OC[C@H]1OC(Sc2ccc(Cl)cc2)C=C[C@@H]1OC(C)=O. The molecule has 1 unspecified atom stereocenters. The van der Waals surface area contributed by atoms with Gasteiger partial charge in [-0.05, 0) is 36.4 Å². The van der Waals surface area contributed by atoms with Gasteiger partial charge in [-0.2, -0.15) is 0 Å². The van der Waals surface area contributed by atoms with E-state index in [-0.39, 0.29) is 12.0 Å². The number of ether oxygens (including phenoxy) is 3. The second-order valence-electron chi connectivity index (χ2n) is 4.88. The van der Waals surface area contributed by atoms with Crippen LogP contribution in [0.1, 0.15) is 13.8 Å². The molecule has 0 aromatic heterocycles. The minimum atomic E-state index is -0.575. The number of hydrogen-bond acceptors (Lipinski definition) is 6. The molecule has 0 saturated heterocycles. The van der Waals surface area contributed by atoms with Gasteiger partial charge < -0.3 is 14.2 Å². The number of benzene rings is 1. The first-order valence-corrected chi connectivity index (χ1v) is 8.26. The molecule has 0 spiro atoms. The summed E-state index contributed by atoms with van der Waals surface area (Å²) < 4.78 is 16.0. The number of thioether (sulfide) groups is 1. The van der Waals surface area contributed by atoms with Crippen molar-refractivity contribution in [1.29, 1.82) is 0 Å². The molecule has 0 bridgehead atoms. The molecule has 0 saturated carbocycles. The van der Waals surface area contributed by atoms with Gasteiger partial charge in [0.05, 0.1) is 0 Å². The van der Waals surface area contributed by atoms with Gasteiger partial charge in [0.25, 0.3) is 0 Å². The molecule has 0 fully saturated rings. The molecule has 1 aromatic rings. The molecule has 7 heteroatoms. The summed E-state index contributed by atoms with van der Waals surface area (Å²) in [6.07, 6.45) is 2.45. The lowest BCUT2D eigenvalue weighted by Gasteiger charge is -2.31. The van der Waals surface area contributed by atoms with Crippen LogP contribution >= 0.6 is 23.4 Å². The molecule has 1 aromatic carbocycles. The minimum absolute atomic E-state index is 0.0231. The van der Waals surface area contributed by atoms with Crippen molar-refractivity contribution >= 4 is 35.3 Å². The third-order valence-electron chi connectivity index (χ3n) is 2.95. The summed E-state index contributed by atoms with van der Waals surface area (Å²) in [7, 11) is 0. The fourth-order valence-electron chi connectivity index (χ4n) is 1.97. The van der Waals surface area contributed by atoms with Crippen molar-refractivity contribution in [3.05, 3.63) is 41.4 Å². The molecule has 1 heterocycles. The number of carbonyl (C=O) groups is 2. The molecular formula is C16H17ClO5S. The van der Waals surface area contributed by atoms with Crippen molar-refractivity contribution < 1.29 is 23.8 Å². The Bertz CT molecular complexity index is 587. The van der Waals surface area contributed by atoms with E-state index in [1.807, 2.05) is 18.2 Å². The van der Waals surface area contributed by atoms with Crippen molar-refractivity contribution in [2.24, 2.45) is 0 Å². The molecule has 2 rings (SSSR count). The number of carbonyl (C=O) groups excluding carboxylic acids is 2. The molecule has 3 atom stereocenters. The van der Waals surface area contributed by atoms with Crippen molar-refractivity contribution in [3.8, 4) is 0 Å². The van der Waals surface area contributed by atoms with Crippen LogP contribution in [0.2, 0.25) is 5.02 Å². The zero-order valence-electron chi connectivity index (χ0n) is 12.7. The first kappa shape index (κ1) is 17.8. The van der Waals surface area contributed by atoms with Crippen LogP contribution in [0.3, 0.4) is 0 Å². The molecular weight excluding hydrogens is 340 g/mol. The Hall–Kier alpha value is -1.50. The van der Waals surface area contributed by atoms with E-state index in [9.17, 15) is 9.59 Å². The fourth-order valence-corrected chi connectivity index (χ4v) is 3.03. The van der Waals surface area contributed by atoms with Crippen molar-refractivity contribution in [2.45, 2.75) is 36.4 Å². The van der Waals surface area contributed by atoms with E-state index in [1.54, 1.807) is 18.2 Å². The monoisotopic (exact) mass is 356 g/mol. The second-order valence-corrected chi connectivity index (χ2v) is 6.48. The Morgan fingerprint density at radius 1 is 1.17 bits per heavy atom. The van der Waals surface area contributed by atoms with Crippen LogP contribution in [0.15, 0.2) is 41.3 Å². The summed E-state index contributed by atoms with van der Waals surface area (Å²) in [6.45, 7) is 2.67. The normalized spacial score (nSPS) is 23.3. The Balaban J connectivity index is 2.03. The highest BCUT2D eigenvalue weighted by Crippen LogP contribution is 2.30. The highest BCUT2D eigenvalue weighted by atomic mass is 35.5. The van der Waals surface area contributed by atoms with Crippen LogP contribution in [-0.2, 0) is 23.8 Å². The second kappa shape index (κ2) is 8.38. The molecule has 23 heavy (non-hydrogen) atoms. The third kappa shape index (κ3) is 5.89. The van der Waals surface area contributed by atoms with Crippen LogP contribution in [0, 0.1) is 0 Å². The number of halogens is 1. The molecule has 124 valence electrons. The van der Waals surface area contributed by atoms with Gasteiger partial charge in [-0.1, -0.05) is 23.4 Å². The maximum Gasteiger partial charge on any atom is 0.303 e. The van der Waals surface area contributed by atoms with Gasteiger partial charge in [0.1, 0.15) is 24.3 Å². The maximum absolute atomic E-state index is 11.2.